The van der Waals surface area contributed by atoms with Gasteiger partial charge in [0.05, 0.1) is 0 Å². The monoisotopic (exact) mass is 427 g/mol. The second kappa shape index (κ2) is 8.50. The summed E-state index contributed by atoms with van der Waals surface area (Å²) < 4.78 is 5.73. The van der Waals surface area contributed by atoms with Gasteiger partial charge >= 0.3 is 12.1 Å². The number of rotatable bonds is 5. The lowest BCUT2D eigenvalue weighted by atomic mass is 9.92. The number of carboxylic acids is 1. The Balaban J connectivity index is 1.30. The molecule has 1 heterocycles. The van der Waals surface area contributed by atoms with Crippen LogP contribution in [0.4, 0.5) is 4.79 Å². The van der Waals surface area contributed by atoms with Crippen LogP contribution in [0, 0.1) is 5.92 Å². The Morgan fingerprint density at radius 2 is 1.47 bits per heavy atom. The van der Waals surface area contributed by atoms with Crippen LogP contribution in [0.25, 0.3) is 11.1 Å². The SMILES string of the molecule is O=C(O)[C@@H]1[C@@H](Cc2ccccc2)CCN1C(=O)OCC1c2ccccc2-c2ccccc21. The van der Waals surface area contributed by atoms with Crippen LogP contribution in [0.5, 0.6) is 0 Å². The van der Waals surface area contributed by atoms with Crippen LogP contribution >= 0.6 is 0 Å². The van der Waals surface area contributed by atoms with Gasteiger partial charge in [0.15, 0.2) is 0 Å². The third kappa shape index (κ3) is 3.64. The van der Waals surface area contributed by atoms with Crippen molar-refractivity contribution in [3.63, 3.8) is 0 Å². The fourth-order valence-electron chi connectivity index (χ4n) is 5.20. The summed E-state index contributed by atoms with van der Waals surface area (Å²) >= 11 is 0. The Kier molecular flexibility index (Phi) is 5.39. The van der Waals surface area contributed by atoms with E-state index in [1.807, 2.05) is 54.6 Å². The van der Waals surface area contributed by atoms with Crippen LogP contribution in [0.2, 0.25) is 0 Å². The molecule has 32 heavy (non-hydrogen) atoms. The van der Waals surface area contributed by atoms with Crippen LogP contribution in [0.15, 0.2) is 78.9 Å². The van der Waals surface area contributed by atoms with Gasteiger partial charge in [0, 0.05) is 12.5 Å². The average molecular weight is 428 g/mol. The molecule has 2 atom stereocenters. The van der Waals surface area contributed by atoms with E-state index in [1.54, 1.807) is 0 Å². The summed E-state index contributed by atoms with van der Waals surface area (Å²) in [4.78, 5) is 26.4. The number of aliphatic carboxylic acids is 1. The van der Waals surface area contributed by atoms with Crippen LogP contribution < -0.4 is 0 Å². The number of nitrogens with zero attached hydrogens (tertiary/aromatic N) is 1. The van der Waals surface area contributed by atoms with Crippen LogP contribution in [0.3, 0.4) is 0 Å². The summed E-state index contributed by atoms with van der Waals surface area (Å²) in [6.45, 7) is 0.587. The van der Waals surface area contributed by atoms with Crippen molar-refractivity contribution in [2.24, 2.45) is 5.92 Å². The molecule has 3 aromatic rings. The van der Waals surface area contributed by atoms with Gasteiger partial charge in [-0.3, -0.25) is 4.90 Å². The van der Waals surface area contributed by atoms with Crippen molar-refractivity contribution in [2.45, 2.75) is 24.8 Å². The Morgan fingerprint density at radius 1 is 0.875 bits per heavy atom. The molecule has 1 N–H and O–H groups in total. The van der Waals surface area contributed by atoms with Gasteiger partial charge in [-0.05, 0) is 46.6 Å². The molecule has 1 aliphatic carbocycles. The van der Waals surface area contributed by atoms with Crippen molar-refractivity contribution in [3.05, 3.63) is 95.6 Å². The molecule has 1 aliphatic heterocycles. The maximum absolute atomic E-state index is 13.0. The molecule has 0 bridgehead atoms. The Labute approximate surface area is 187 Å². The highest BCUT2D eigenvalue weighted by atomic mass is 16.6. The van der Waals surface area contributed by atoms with Gasteiger partial charge in [0.2, 0.25) is 0 Å². The van der Waals surface area contributed by atoms with Gasteiger partial charge in [-0.15, -0.1) is 0 Å². The molecule has 1 amide bonds. The van der Waals surface area contributed by atoms with Crippen molar-refractivity contribution in [1.29, 1.82) is 0 Å². The number of carbonyl (C=O) groups excluding carboxylic acids is 1. The smallest absolute Gasteiger partial charge is 0.410 e. The van der Waals surface area contributed by atoms with Crippen molar-refractivity contribution in [2.75, 3.05) is 13.2 Å². The van der Waals surface area contributed by atoms with E-state index >= 15 is 0 Å². The highest BCUT2D eigenvalue weighted by Gasteiger charge is 2.43. The third-order valence-corrected chi connectivity index (χ3v) is 6.69. The van der Waals surface area contributed by atoms with E-state index in [9.17, 15) is 14.7 Å². The van der Waals surface area contributed by atoms with Gasteiger partial charge in [0.1, 0.15) is 12.6 Å². The van der Waals surface area contributed by atoms with Crippen molar-refractivity contribution in [3.8, 4) is 11.1 Å². The molecule has 1 saturated heterocycles. The predicted octanol–water partition coefficient (Wildman–Crippen LogP) is 4.95. The quantitative estimate of drug-likeness (QED) is 0.625. The second-order valence-electron chi connectivity index (χ2n) is 8.52. The Hall–Kier alpha value is -3.60. The Morgan fingerprint density at radius 3 is 2.09 bits per heavy atom. The Bertz CT molecular complexity index is 1100. The maximum atomic E-state index is 13.0. The first-order valence-electron chi connectivity index (χ1n) is 11.0. The third-order valence-electron chi connectivity index (χ3n) is 6.69. The van der Waals surface area contributed by atoms with Crippen LogP contribution in [-0.4, -0.2) is 41.3 Å². The van der Waals surface area contributed by atoms with E-state index in [4.69, 9.17) is 4.74 Å². The molecule has 0 radical (unpaired) electrons. The number of likely N-dealkylation sites (tertiary alicyclic amines) is 1. The molecule has 5 rings (SSSR count). The molecule has 0 aromatic heterocycles. The highest BCUT2D eigenvalue weighted by Crippen LogP contribution is 2.44. The first-order valence-corrected chi connectivity index (χ1v) is 11.0. The number of fused-ring (bicyclic) bond motifs is 3. The first-order chi connectivity index (χ1) is 15.6. The minimum absolute atomic E-state index is 0.0441. The molecule has 3 aromatic carbocycles. The van der Waals surface area contributed by atoms with E-state index < -0.39 is 18.1 Å². The average Bonchev–Trinajstić information content (AvgIpc) is 3.38. The number of ether oxygens (including phenoxy) is 1. The van der Waals surface area contributed by atoms with E-state index in [2.05, 4.69) is 24.3 Å². The van der Waals surface area contributed by atoms with Gasteiger partial charge in [-0.1, -0.05) is 78.9 Å². The van der Waals surface area contributed by atoms with Crippen molar-refractivity contribution >= 4 is 12.1 Å². The van der Waals surface area contributed by atoms with Gasteiger partial charge in [-0.2, -0.15) is 0 Å². The second-order valence-corrected chi connectivity index (χ2v) is 8.52. The van der Waals surface area contributed by atoms with E-state index in [0.29, 0.717) is 19.4 Å². The predicted molar refractivity (Wildman–Crippen MR) is 121 cm³/mol. The minimum Gasteiger partial charge on any atom is -0.480 e. The van der Waals surface area contributed by atoms with Gasteiger partial charge in [0.25, 0.3) is 0 Å². The zero-order valence-electron chi connectivity index (χ0n) is 17.7. The lowest BCUT2D eigenvalue weighted by Crippen LogP contribution is -2.44. The van der Waals surface area contributed by atoms with E-state index in [1.165, 1.54) is 4.90 Å². The molecule has 1 fully saturated rings. The van der Waals surface area contributed by atoms with Crippen LogP contribution in [-0.2, 0) is 16.0 Å². The summed E-state index contributed by atoms with van der Waals surface area (Å²) in [6.07, 6.45) is 0.732. The highest BCUT2D eigenvalue weighted by molar-refractivity contribution is 5.82. The molecule has 0 saturated carbocycles. The number of hydrogen-bond acceptors (Lipinski definition) is 3. The largest absolute Gasteiger partial charge is 0.480 e. The fraction of sp³-hybridized carbons (Fsp3) is 0.259. The summed E-state index contributed by atoms with van der Waals surface area (Å²) in [5, 5.41) is 9.87. The van der Waals surface area contributed by atoms with Gasteiger partial charge < -0.3 is 9.84 Å². The number of carbonyl (C=O) groups is 2. The molecule has 5 nitrogen and oxygen atoms in total. The van der Waals surface area contributed by atoms with Crippen molar-refractivity contribution in [1.82, 2.24) is 4.90 Å². The zero-order valence-corrected chi connectivity index (χ0v) is 17.7. The fourth-order valence-corrected chi connectivity index (χ4v) is 5.20. The summed E-state index contributed by atoms with van der Waals surface area (Å²) in [6, 6.07) is 25.3. The van der Waals surface area contributed by atoms with E-state index in [0.717, 1.165) is 27.8 Å². The molecule has 162 valence electrons. The number of hydrogen-bond donors (Lipinski definition) is 1. The molecule has 2 aliphatic rings. The maximum Gasteiger partial charge on any atom is 0.410 e. The number of benzene rings is 3. The molecular formula is C27H25NO4. The number of amides is 1. The lowest BCUT2D eigenvalue weighted by Gasteiger charge is -2.25. The minimum atomic E-state index is -0.975. The molecular weight excluding hydrogens is 402 g/mol. The normalized spacial score (nSPS) is 19.4. The van der Waals surface area contributed by atoms with E-state index in [-0.39, 0.29) is 18.4 Å². The lowest BCUT2D eigenvalue weighted by molar-refractivity contribution is -0.143. The first kappa shape index (κ1) is 20.3. The molecule has 0 unspecified atom stereocenters. The van der Waals surface area contributed by atoms with Gasteiger partial charge in [-0.25, -0.2) is 9.59 Å². The molecule has 0 spiro atoms. The summed E-state index contributed by atoms with van der Waals surface area (Å²) in [7, 11) is 0. The van der Waals surface area contributed by atoms with Crippen LogP contribution in [0.1, 0.15) is 29.0 Å². The summed E-state index contributed by atoms with van der Waals surface area (Å²) in [5.41, 5.74) is 5.69. The topological polar surface area (TPSA) is 66.8 Å². The van der Waals surface area contributed by atoms with Crippen molar-refractivity contribution < 1.29 is 19.4 Å². The number of carboxylic acid groups (broad SMARTS) is 1. The zero-order chi connectivity index (χ0) is 22.1. The standard InChI is InChI=1S/C27H25NO4/c29-26(30)25-19(16-18-8-2-1-3-9-18)14-15-28(25)27(31)32-17-24-22-12-6-4-10-20(22)21-11-5-7-13-23(21)24/h1-13,19,24-25H,14-17H2,(H,29,30)/t19-,25+/m1/s1. The summed E-state index contributed by atoms with van der Waals surface area (Å²) in [5.74, 6) is -1.15. The molecule has 5 heteroatoms.